The van der Waals surface area contributed by atoms with Crippen LogP contribution >= 0.6 is 0 Å². The molecular formula is C16H14O2. The lowest BCUT2D eigenvalue weighted by Gasteiger charge is -2.10. The van der Waals surface area contributed by atoms with Crippen LogP contribution in [0.25, 0.3) is 17.2 Å². The van der Waals surface area contributed by atoms with E-state index in [1.807, 2.05) is 42.5 Å². The first-order chi connectivity index (χ1) is 8.77. The second-order valence-electron chi connectivity index (χ2n) is 3.83. The van der Waals surface area contributed by atoms with E-state index in [1.165, 1.54) is 7.11 Å². The minimum atomic E-state index is -0.345. The molecule has 0 aliphatic heterocycles. The molecule has 2 aromatic rings. The zero-order valence-corrected chi connectivity index (χ0v) is 10.2. The standard InChI is InChI=1S/C16H14O2/c1-3-13-14(12-8-5-4-6-9-12)10-7-11-15(13)16(17)18-2/h3-11H,1H2,2H3. The third-order valence-electron chi connectivity index (χ3n) is 2.80. The number of methoxy groups -OCH3 is 1. The molecule has 0 aliphatic carbocycles. The predicted molar refractivity (Wildman–Crippen MR) is 73.3 cm³/mol. The molecule has 0 unspecified atom stereocenters. The highest BCUT2D eigenvalue weighted by Crippen LogP contribution is 2.27. The highest BCUT2D eigenvalue weighted by Gasteiger charge is 2.13. The Hall–Kier alpha value is -2.35. The number of ether oxygens (including phenoxy) is 1. The Labute approximate surface area is 107 Å². The van der Waals surface area contributed by atoms with E-state index in [0.717, 1.165) is 16.7 Å². The van der Waals surface area contributed by atoms with Crippen molar-refractivity contribution in [3.63, 3.8) is 0 Å². The zero-order chi connectivity index (χ0) is 13.0. The number of carbonyl (C=O) groups is 1. The second kappa shape index (κ2) is 5.32. The largest absolute Gasteiger partial charge is 0.465 e. The summed E-state index contributed by atoms with van der Waals surface area (Å²) in [6.45, 7) is 3.79. The molecule has 0 bridgehead atoms. The number of benzene rings is 2. The number of carbonyl (C=O) groups excluding carboxylic acids is 1. The van der Waals surface area contributed by atoms with Crippen LogP contribution in [-0.4, -0.2) is 13.1 Å². The minimum Gasteiger partial charge on any atom is -0.465 e. The average molecular weight is 238 g/mol. The lowest BCUT2D eigenvalue weighted by molar-refractivity contribution is 0.0600. The molecule has 90 valence electrons. The molecule has 0 fully saturated rings. The number of rotatable bonds is 3. The van der Waals surface area contributed by atoms with Gasteiger partial charge in [0.2, 0.25) is 0 Å². The van der Waals surface area contributed by atoms with Crippen molar-refractivity contribution in [3.8, 4) is 11.1 Å². The fraction of sp³-hybridized carbons (Fsp3) is 0.0625. The summed E-state index contributed by atoms with van der Waals surface area (Å²) in [5, 5.41) is 0. The topological polar surface area (TPSA) is 26.3 Å². The van der Waals surface area contributed by atoms with Crippen molar-refractivity contribution in [1.82, 2.24) is 0 Å². The maximum absolute atomic E-state index is 11.7. The molecule has 0 spiro atoms. The molecular weight excluding hydrogens is 224 g/mol. The quantitative estimate of drug-likeness (QED) is 0.760. The van der Waals surface area contributed by atoms with Gasteiger partial charge < -0.3 is 4.74 Å². The molecule has 2 nitrogen and oxygen atoms in total. The Bertz CT molecular complexity index is 571. The summed E-state index contributed by atoms with van der Waals surface area (Å²) in [7, 11) is 1.38. The molecule has 0 radical (unpaired) electrons. The maximum atomic E-state index is 11.7. The lowest BCUT2D eigenvalue weighted by atomic mass is 9.95. The molecule has 2 heteroatoms. The van der Waals surface area contributed by atoms with Crippen LogP contribution in [0.1, 0.15) is 15.9 Å². The fourth-order valence-corrected chi connectivity index (χ4v) is 1.94. The van der Waals surface area contributed by atoms with Gasteiger partial charge in [0.25, 0.3) is 0 Å². The molecule has 2 aromatic carbocycles. The molecule has 0 amide bonds. The lowest BCUT2D eigenvalue weighted by Crippen LogP contribution is -2.04. The SMILES string of the molecule is C=Cc1c(C(=O)OC)cccc1-c1ccccc1. The van der Waals surface area contributed by atoms with E-state index in [1.54, 1.807) is 12.1 Å². The van der Waals surface area contributed by atoms with Gasteiger partial charge in [0.15, 0.2) is 0 Å². The summed E-state index contributed by atoms with van der Waals surface area (Å²) in [4.78, 5) is 11.7. The van der Waals surface area contributed by atoms with Crippen LogP contribution in [-0.2, 0) is 4.74 Å². The molecule has 0 N–H and O–H groups in total. The zero-order valence-electron chi connectivity index (χ0n) is 10.2. The smallest absolute Gasteiger partial charge is 0.338 e. The first-order valence-corrected chi connectivity index (χ1v) is 5.67. The maximum Gasteiger partial charge on any atom is 0.338 e. The van der Waals surface area contributed by atoms with Crippen molar-refractivity contribution in [3.05, 3.63) is 66.2 Å². The first kappa shape index (κ1) is 12.1. The Morgan fingerprint density at radius 2 is 1.83 bits per heavy atom. The van der Waals surface area contributed by atoms with Gasteiger partial charge in [-0.05, 0) is 22.8 Å². The van der Waals surface area contributed by atoms with Crippen LogP contribution in [0.15, 0.2) is 55.1 Å². The molecule has 0 aromatic heterocycles. The number of hydrogen-bond acceptors (Lipinski definition) is 2. The third kappa shape index (κ3) is 2.18. The van der Waals surface area contributed by atoms with Crippen molar-refractivity contribution in [1.29, 1.82) is 0 Å². The Balaban J connectivity index is 2.62. The molecule has 0 saturated carbocycles. The van der Waals surface area contributed by atoms with E-state index in [0.29, 0.717) is 5.56 Å². The van der Waals surface area contributed by atoms with Gasteiger partial charge in [-0.2, -0.15) is 0 Å². The fourth-order valence-electron chi connectivity index (χ4n) is 1.94. The minimum absolute atomic E-state index is 0.345. The summed E-state index contributed by atoms with van der Waals surface area (Å²) in [5.74, 6) is -0.345. The van der Waals surface area contributed by atoms with E-state index in [9.17, 15) is 4.79 Å². The Morgan fingerprint density at radius 1 is 1.11 bits per heavy atom. The predicted octanol–water partition coefficient (Wildman–Crippen LogP) is 3.78. The van der Waals surface area contributed by atoms with Gasteiger partial charge in [0.05, 0.1) is 12.7 Å². The molecule has 0 aliphatic rings. The molecule has 18 heavy (non-hydrogen) atoms. The first-order valence-electron chi connectivity index (χ1n) is 5.67. The van der Waals surface area contributed by atoms with E-state index < -0.39 is 0 Å². The van der Waals surface area contributed by atoms with Crippen molar-refractivity contribution >= 4 is 12.0 Å². The van der Waals surface area contributed by atoms with Crippen LogP contribution in [0.4, 0.5) is 0 Å². The van der Waals surface area contributed by atoms with Crippen LogP contribution in [0.2, 0.25) is 0 Å². The van der Waals surface area contributed by atoms with Crippen LogP contribution in [0, 0.1) is 0 Å². The highest BCUT2D eigenvalue weighted by molar-refractivity contribution is 5.97. The summed E-state index contributed by atoms with van der Waals surface area (Å²) in [6.07, 6.45) is 1.69. The van der Waals surface area contributed by atoms with E-state index in [-0.39, 0.29) is 5.97 Å². The second-order valence-corrected chi connectivity index (χ2v) is 3.83. The Morgan fingerprint density at radius 3 is 2.44 bits per heavy atom. The van der Waals surface area contributed by atoms with Crippen molar-refractivity contribution in [2.45, 2.75) is 0 Å². The van der Waals surface area contributed by atoms with Crippen LogP contribution in [0.5, 0.6) is 0 Å². The van der Waals surface area contributed by atoms with Gasteiger partial charge in [-0.25, -0.2) is 4.79 Å². The monoisotopic (exact) mass is 238 g/mol. The molecule has 0 heterocycles. The number of esters is 1. The molecule has 0 atom stereocenters. The summed E-state index contributed by atoms with van der Waals surface area (Å²) >= 11 is 0. The highest BCUT2D eigenvalue weighted by atomic mass is 16.5. The van der Waals surface area contributed by atoms with Gasteiger partial charge in [-0.15, -0.1) is 0 Å². The summed E-state index contributed by atoms with van der Waals surface area (Å²) < 4.78 is 4.78. The molecule has 0 saturated heterocycles. The summed E-state index contributed by atoms with van der Waals surface area (Å²) in [5.41, 5.74) is 3.37. The van der Waals surface area contributed by atoms with Crippen molar-refractivity contribution < 1.29 is 9.53 Å². The van der Waals surface area contributed by atoms with Gasteiger partial charge in [-0.1, -0.05) is 55.1 Å². The van der Waals surface area contributed by atoms with Crippen molar-refractivity contribution in [2.24, 2.45) is 0 Å². The van der Waals surface area contributed by atoms with E-state index in [2.05, 4.69) is 6.58 Å². The third-order valence-corrected chi connectivity index (χ3v) is 2.80. The van der Waals surface area contributed by atoms with Gasteiger partial charge in [0, 0.05) is 0 Å². The van der Waals surface area contributed by atoms with E-state index >= 15 is 0 Å². The van der Waals surface area contributed by atoms with Crippen LogP contribution in [0.3, 0.4) is 0 Å². The summed E-state index contributed by atoms with van der Waals surface area (Å²) in [6, 6.07) is 15.5. The molecule has 2 rings (SSSR count). The van der Waals surface area contributed by atoms with Crippen LogP contribution < -0.4 is 0 Å². The average Bonchev–Trinajstić information content (AvgIpc) is 2.46. The normalized spacial score (nSPS) is 9.83. The van der Waals surface area contributed by atoms with E-state index in [4.69, 9.17) is 4.74 Å². The van der Waals surface area contributed by atoms with Gasteiger partial charge in [-0.3, -0.25) is 0 Å². The van der Waals surface area contributed by atoms with Crippen molar-refractivity contribution in [2.75, 3.05) is 7.11 Å². The van der Waals surface area contributed by atoms with Gasteiger partial charge in [0.1, 0.15) is 0 Å². The Kier molecular flexibility index (Phi) is 3.58. The number of hydrogen-bond donors (Lipinski definition) is 0. The van der Waals surface area contributed by atoms with Gasteiger partial charge >= 0.3 is 5.97 Å².